The van der Waals surface area contributed by atoms with Gasteiger partial charge in [-0.25, -0.2) is 0 Å². The molecule has 1 amide bonds. The van der Waals surface area contributed by atoms with Gasteiger partial charge in [-0.05, 0) is 25.5 Å². The average molecular weight is 277 g/mol. The molecule has 0 radical (unpaired) electrons. The van der Waals surface area contributed by atoms with Gasteiger partial charge in [-0.15, -0.1) is 0 Å². The van der Waals surface area contributed by atoms with Crippen LogP contribution in [0, 0.1) is 0 Å². The molecule has 1 fully saturated rings. The van der Waals surface area contributed by atoms with Gasteiger partial charge < -0.3 is 10.0 Å². The molecule has 0 saturated carbocycles. The molecule has 0 aliphatic carbocycles. The Balaban J connectivity index is 1.73. The number of hydrogen-bond acceptors (Lipinski definition) is 4. The smallest absolute Gasteiger partial charge is 0.222 e. The molecule has 2 rings (SSSR count). The lowest BCUT2D eigenvalue weighted by Crippen LogP contribution is -2.48. The van der Waals surface area contributed by atoms with E-state index >= 15 is 0 Å². The lowest BCUT2D eigenvalue weighted by molar-refractivity contribution is -0.133. The van der Waals surface area contributed by atoms with Crippen LogP contribution in [0.3, 0.4) is 0 Å². The predicted octanol–water partition coefficient (Wildman–Crippen LogP) is 0.887. The summed E-state index contributed by atoms with van der Waals surface area (Å²) in [7, 11) is 0. The number of pyridine rings is 1. The summed E-state index contributed by atoms with van der Waals surface area (Å²) in [6, 6.07) is 5.95. The van der Waals surface area contributed by atoms with E-state index in [-0.39, 0.29) is 5.91 Å². The van der Waals surface area contributed by atoms with Crippen molar-refractivity contribution in [1.29, 1.82) is 0 Å². The lowest BCUT2D eigenvalue weighted by Gasteiger charge is -2.34. The Morgan fingerprint density at radius 2 is 2.10 bits per heavy atom. The average Bonchev–Trinajstić information content (AvgIpc) is 2.46. The summed E-state index contributed by atoms with van der Waals surface area (Å²) in [6.45, 7) is 5.87. The number of carbonyl (C=O) groups is 1. The lowest BCUT2D eigenvalue weighted by atomic mass is 10.2. The second-order valence-electron chi connectivity index (χ2n) is 5.37. The van der Waals surface area contributed by atoms with Crippen molar-refractivity contribution in [3.63, 3.8) is 0 Å². The largest absolute Gasteiger partial charge is 0.393 e. The number of aromatic nitrogens is 1. The molecular weight excluding hydrogens is 254 g/mol. The van der Waals surface area contributed by atoms with Crippen molar-refractivity contribution >= 4 is 5.91 Å². The molecule has 1 aromatic heterocycles. The summed E-state index contributed by atoms with van der Waals surface area (Å²) < 4.78 is 0. The van der Waals surface area contributed by atoms with Gasteiger partial charge in [0.15, 0.2) is 0 Å². The molecule has 1 N–H and O–H groups in total. The maximum Gasteiger partial charge on any atom is 0.222 e. The van der Waals surface area contributed by atoms with Gasteiger partial charge in [-0.1, -0.05) is 6.07 Å². The van der Waals surface area contributed by atoms with Crippen LogP contribution in [0.4, 0.5) is 0 Å². The van der Waals surface area contributed by atoms with Crippen LogP contribution in [0.5, 0.6) is 0 Å². The van der Waals surface area contributed by atoms with Gasteiger partial charge in [-0.2, -0.15) is 0 Å². The van der Waals surface area contributed by atoms with Crippen molar-refractivity contribution in [2.75, 3.05) is 26.2 Å². The van der Waals surface area contributed by atoms with Gasteiger partial charge in [0.2, 0.25) is 5.91 Å². The van der Waals surface area contributed by atoms with Crippen LogP contribution in [0.2, 0.25) is 0 Å². The monoisotopic (exact) mass is 277 g/mol. The van der Waals surface area contributed by atoms with E-state index in [1.165, 1.54) is 0 Å². The number of nitrogens with zero attached hydrogens (tertiary/aromatic N) is 3. The Labute approximate surface area is 120 Å². The number of carbonyl (C=O) groups excluding carboxylic acids is 1. The van der Waals surface area contributed by atoms with Crippen LogP contribution in [-0.4, -0.2) is 58.1 Å². The van der Waals surface area contributed by atoms with E-state index in [1.54, 1.807) is 6.92 Å². The minimum Gasteiger partial charge on any atom is -0.393 e. The van der Waals surface area contributed by atoms with Gasteiger partial charge >= 0.3 is 0 Å². The molecule has 2 heterocycles. The molecule has 0 aromatic carbocycles. The first-order valence-electron chi connectivity index (χ1n) is 7.23. The van der Waals surface area contributed by atoms with E-state index in [0.29, 0.717) is 12.8 Å². The zero-order chi connectivity index (χ0) is 14.4. The molecule has 0 spiro atoms. The van der Waals surface area contributed by atoms with E-state index in [2.05, 4.69) is 9.88 Å². The molecule has 5 nitrogen and oxygen atoms in total. The first-order chi connectivity index (χ1) is 9.65. The number of rotatable bonds is 5. The molecule has 0 bridgehead atoms. The van der Waals surface area contributed by atoms with Crippen LogP contribution >= 0.6 is 0 Å². The second-order valence-corrected chi connectivity index (χ2v) is 5.37. The fraction of sp³-hybridized carbons (Fsp3) is 0.600. The van der Waals surface area contributed by atoms with Gasteiger partial charge in [0, 0.05) is 45.3 Å². The standard InChI is InChI=1S/C15H23N3O2/c1-13(19)5-6-15(20)18-10-8-17(9-11-18)12-14-4-2-3-7-16-14/h2-4,7,13,19H,5-6,8-12H2,1H3. The number of amides is 1. The molecular formula is C15H23N3O2. The minimum atomic E-state index is -0.399. The van der Waals surface area contributed by atoms with Gasteiger partial charge in [0.25, 0.3) is 0 Å². The predicted molar refractivity (Wildman–Crippen MR) is 77.0 cm³/mol. The first kappa shape index (κ1) is 14.9. The van der Waals surface area contributed by atoms with Crippen LogP contribution in [-0.2, 0) is 11.3 Å². The van der Waals surface area contributed by atoms with Crippen LogP contribution in [0.15, 0.2) is 24.4 Å². The molecule has 110 valence electrons. The number of hydrogen-bond donors (Lipinski definition) is 1. The summed E-state index contributed by atoms with van der Waals surface area (Å²) in [5.41, 5.74) is 1.07. The van der Waals surface area contributed by atoms with Gasteiger partial charge in [0.05, 0.1) is 11.8 Å². The topological polar surface area (TPSA) is 56.7 Å². The van der Waals surface area contributed by atoms with Crippen molar-refractivity contribution in [1.82, 2.24) is 14.8 Å². The number of piperazine rings is 1. The Kier molecular flexibility index (Phi) is 5.49. The maximum atomic E-state index is 12.0. The molecule has 1 saturated heterocycles. The Morgan fingerprint density at radius 1 is 1.35 bits per heavy atom. The van der Waals surface area contributed by atoms with Crippen molar-refractivity contribution in [2.24, 2.45) is 0 Å². The third kappa shape index (κ3) is 4.58. The zero-order valence-electron chi connectivity index (χ0n) is 12.0. The molecule has 5 heteroatoms. The molecule has 1 atom stereocenters. The molecule has 1 aliphatic heterocycles. The van der Waals surface area contributed by atoms with Gasteiger partial charge in [0.1, 0.15) is 0 Å². The van der Waals surface area contributed by atoms with Crippen molar-refractivity contribution in [3.05, 3.63) is 30.1 Å². The maximum absolute atomic E-state index is 12.0. The third-order valence-corrected chi connectivity index (χ3v) is 3.61. The highest BCUT2D eigenvalue weighted by Gasteiger charge is 2.21. The molecule has 1 unspecified atom stereocenters. The molecule has 1 aromatic rings. The first-order valence-corrected chi connectivity index (χ1v) is 7.23. The Bertz CT molecular complexity index is 414. The van der Waals surface area contributed by atoms with Crippen molar-refractivity contribution < 1.29 is 9.90 Å². The summed E-state index contributed by atoms with van der Waals surface area (Å²) in [6.07, 6.45) is 2.40. The summed E-state index contributed by atoms with van der Waals surface area (Å²) in [5, 5.41) is 9.22. The zero-order valence-corrected chi connectivity index (χ0v) is 12.0. The minimum absolute atomic E-state index is 0.156. The van der Waals surface area contributed by atoms with E-state index in [1.807, 2.05) is 29.3 Å². The Hall–Kier alpha value is -1.46. The van der Waals surface area contributed by atoms with E-state index in [0.717, 1.165) is 38.4 Å². The van der Waals surface area contributed by atoms with Crippen LogP contribution < -0.4 is 0 Å². The summed E-state index contributed by atoms with van der Waals surface area (Å²) in [4.78, 5) is 20.5. The highest BCUT2D eigenvalue weighted by Crippen LogP contribution is 2.09. The van der Waals surface area contributed by atoms with Crippen LogP contribution in [0.1, 0.15) is 25.5 Å². The second kappa shape index (κ2) is 7.36. The highest BCUT2D eigenvalue weighted by atomic mass is 16.3. The number of aliphatic hydroxyl groups is 1. The van der Waals surface area contributed by atoms with E-state index < -0.39 is 6.10 Å². The SMILES string of the molecule is CC(O)CCC(=O)N1CCN(Cc2ccccn2)CC1. The van der Waals surface area contributed by atoms with E-state index in [9.17, 15) is 9.90 Å². The van der Waals surface area contributed by atoms with E-state index in [4.69, 9.17) is 0 Å². The normalized spacial score (nSPS) is 18.0. The molecule has 20 heavy (non-hydrogen) atoms. The molecule has 1 aliphatic rings. The van der Waals surface area contributed by atoms with Gasteiger partial charge in [-0.3, -0.25) is 14.7 Å². The number of aliphatic hydroxyl groups excluding tert-OH is 1. The van der Waals surface area contributed by atoms with Crippen molar-refractivity contribution in [2.45, 2.75) is 32.4 Å². The summed E-state index contributed by atoms with van der Waals surface area (Å²) in [5.74, 6) is 0.156. The highest BCUT2D eigenvalue weighted by molar-refractivity contribution is 5.76. The fourth-order valence-corrected chi connectivity index (χ4v) is 2.37. The van der Waals surface area contributed by atoms with Crippen molar-refractivity contribution in [3.8, 4) is 0 Å². The third-order valence-electron chi connectivity index (χ3n) is 3.61. The van der Waals surface area contributed by atoms with Crippen LogP contribution in [0.25, 0.3) is 0 Å². The Morgan fingerprint density at radius 3 is 2.70 bits per heavy atom. The quantitative estimate of drug-likeness (QED) is 0.868. The fourth-order valence-electron chi connectivity index (χ4n) is 2.37. The summed E-state index contributed by atoms with van der Waals surface area (Å²) >= 11 is 0.